The van der Waals surface area contributed by atoms with Crippen LogP contribution in [0.3, 0.4) is 0 Å². The number of phenols is 1. The van der Waals surface area contributed by atoms with Crippen LogP contribution in [0, 0.1) is 23.6 Å². The van der Waals surface area contributed by atoms with Gasteiger partial charge in [-0.3, -0.25) is 24.1 Å². The van der Waals surface area contributed by atoms with Gasteiger partial charge >= 0.3 is 0 Å². The van der Waals surface area contributed by atoms with Crippen molar-refractivity contribution in [3.63, 3.8) is 0 Å². The molecule has 7 heteroatoms. The fourth-order valence-electron chi connectivity index (χ4n) is 7.19. The van der Waals surface area contributed by atoms with Crippen molar-refractivity contribution in [2.45, 2.75) is 63.8 Å². The number of carbonyl (C=O) groups excluding carboxylic acids is 4. The predicted molar refractivity (Wildman–Crippen MR) is 128 cm³/mol. The minimum Gasteiger partial charge on any atom is -0.505 e. The molecule has 5 aliphatic rings. The quantitative estimate of drug-likeness (QED) is 0.380. The highest BCUT2D eigenvalue weighted by molar-refractivity contribution is 6.23. The molecule has 186 valence electrons. The Morgan fingerprint density at radius 3 is 2.47 bits per heavy atom. The average molecular weight is 490 g/mol. The first kappa shape index (κ1) is 23.1. The van der Waals surface area contributed by atoms with Gasteiger partial charge in [0.05, 0.1) is 11.8 Å². The maximum atomic E-state index is 14.4. The van der Waals surface area contributed by atoms with Gasteiger partial charge in [-0.1, -0.05) is 37.0 Å². The minimum atomic E-state index is -0.817. The SMILES string of the molecule is CC1=CC(=O)C2=C(C[C@@H]3C(=CC[C@@H]4C(=O)N(C5CCCCC5)C(=O)[C@@H]43)[C@@H]2c2ccc(O)c(F)c2)C1=O. The number of rotatable bonds is 2. The van der Waals surface area contributed by atoms with Gasteiger partial charge in [0.2, 0.25) is 11.8 Å². The van der Waals surface area contributed by atoms with Crippen LogP contribution in [0.15, 0.2) is 52.6 Å². The van der Waals surface area contributed by atoms with Crippen LogP contribution in [0.4, 0.5) is 4.39 Å². The summed E-state index contributed by atoms with van der Waals surface area (Å²) in [7, 11) is 0. The summed E-state index contributed by atoms with van der Waals surface area (Å²) in [4.78, 5) is 55.3. The summed E-state index contributed by atoms with van der Waals surface area (Å²) in [5.74, 6) is -4.33. The molecular weight excluding hydrogens is 461 g/mol. The molecule has 6 rings (SSSR count). The molecule has 6 nitrogen and oxygen atoms in total. The number of ketones is 2. The number of fused-ring (bicyclic) bond motifs is 3. The molecule has 36 heavy (non-hydrogen) atoms. The van der Waals surface area contributed by atoms with Gasteiger partial charge in [0.25, 0.3) is 0 Å². The fraction of sp³-hybridized carbons (Fsp3) is 0.448. The number of phenolic OH excluding ortho intramolecular Hbond substituents is 1. The van der Waals surface area contributed by atoms with Crippen molar-refractivity contribution < 1.29 is 28.7 Å². The zero-order valence-corrected chi connectivity index (χ0v) is 20.1. The van der Waals surface area contributed by atoms with Crippen LogP contribution in [-0.2, 0) is 19.2 Å². The third kappa shape index (κ3) is 3.28. The number of nitrogens with zero attached hydrogens (tertiary/aromatic N) is 1. The Kier molecular flexibility index (Phi) is 5.36. The van der Waals surface area contributed by atoms with E-state index in [4.69, 9.17) is 0 Å². The van der Waals surface area contributed by atoms with E-state index in [0.717, 1.165) is 37.7 Å². The fourth-order valence-corrected chi connectivity index (χ4v) is 7.19. The number of amides is 2. The number of imide groups is 1. The van der Waals surface area contributed by atoms with Crippen LogP contribution >= 0.6 is 0 Å². The zero-order chi connectivity index (χ0) is 25.3. The second kappa shape index (κ2) is 8.36. The number of allylic oxidation sites excluding steroid dienone is 6. The third-order valence-corrected chi connectivity index (χ3v) is 8.84. The van der Waals surface area contributed by atoms with Gasteiger partial charge in [-0.2, -0.15) is 0 Å². The number of benzene rings is 1. The molecule has 4 atom stereocenters. The lowest BCUT2D eigenvalue weighted by Crippen LogP contribution is -2.43. The van der Waals surface area contributed by atoms with Gasteiger partial charge in [0.15, 0.2) is 23.1 Å². The standard InChI is InChI=1S/C29H28FNO5/c1-14-11-23(33)26-20(27(14)34)13-19-17(24(26)15-7-10-22(32)21(30)12-15)8-9-18-25(19)29(36)31(28(18)35)16-5-3-2-4-6-16/h7-8,10-12,16,18-19,24-25,32H,2-6,9,13H2,1H3/t18-,19+,24-,25-/m0/s1. The summed E-state index contributed by atoms with van der Waals surface area (Å²) < 4.78 is 14.4. The van der Waals surface area contributed by atoms with Gasteiger partial charge in [-0.05, 0) is 62.3 Å². The van der Waals surface area contributed by atoms with Crippen molar-refractivity contribution in [2.24, 2.45) is 17.8 Å². The number of hydrogen-bond acceptors (Lipinski definition) is 5. The molecule has 1 saturated carbocycles. The monoisotopic (exact) mass is 489 g/mol. The molecule has 1 aromatic carbocycles. The summed E-state index contributed by atoms with van der Waals surface area (Å²) in [6, 6.07) is 3.92. The molecule has 4 aliphatic carbocycles. The Labute approximate surface area is 208 Å². The number of carbonyl (C=O) groups is 4. The minimum absolute atomic E-state index is 0.0729. The molecule has 1 heterocycles. The molecule has 0 aromatic heterocycles. The normalized spacial score (nSPS) is 30.7. The predicted octanol–water partition coefficient (Wildman–Crippen LogP) is 4.29. The van der Waals surface area contributed by atoms with Gasteiger partial charge in [-0.25, -0.2) is 4.39 Å². The molecule has 1 N–H and O–H groups in total. The summed E-state index contributed by atoms with van der Waals surface area (Å²) in [5, 5.41) is 9.76. The number of Topliss-reactive ketones (excluding diaryl/α,β-unsaturated/α-hetero) is 1. The van der Waals surface area contributed by atoms with E-state index in [2.05, 4.69) is 0 Å². The number of aromatic hydroxyl groups is 1. The van der Waals surface area contributed by atoms with Crippen LogP contribution in [0.5, 0.6) is 5.75 Å². The maximum absolute atomic E-state index is 14.4. The first-order valence-corrected chi connectivity index (χ1v) is 12.8. The van der Waals surface area contributed by atoms with E-state index in [1.165, 1.54) is 23.1 Å². The third-order valence-electron chi connectivity index (χ3n) is 8.84. The van der Waals surface area contributed by atoms with Crippen molar-refractivity contribution in [2.75, 3.05) is 0 Å². The highest BCUT2D eigenvalue weighted by Crippen LogP contribution is 2.55. The molecule has 1 saturated heterocycles. The Balaban J connectivity index is 1.47. The van der Waals surface area contributed by atoms with Gasteiger partial charge in [0, 0.05) is 28.7 Å². The first-order chi connectivity index (χ1) is 17.3. The van der Waals surface area contributed by atoms with E-state index >= 15 is 0 Å². The molecule has 2 amide bonds. The average Bonchev–Trinajstić information content (AvgIpc) is 3.13. The largest absolute Gasteiger partial charge is 0.505 e. The second-order valence-corrected chi connectivity index (χ2v) is 10.8. The lowest BCUT2D eigenvalue weighted by atomic mass is 9.59. The van der Waals surface area contributed by atoms with Crippen LogP contribution in [0.25, 0.3) is 0 Å². The van der Waals surface area contributed by atoms with Crippen molar-refractivity contribution in [3.05, 3.63) is 64.0 Å². The highest BCUT2D eigenvalue weighted by Gasteiger charge is 2.57. The topological polar surface area (TPSA) is 91.8 Å². The van der Waals surface area contributed by atoms with Crippen LogP contribution in [-0.4, -0.2) is 39.4 Å². The molecule has 0 radical (unpaired) electrons. The van der Waals surface area contributed by atoms with E-state index in [1.807, 2.05) is 6.08 Å². The summed E-state index contributed by atoms with van der Waals surface area (Å²) >= 11 is 0. The van der Waals surface area contributed by atoms with Crippen LogP contribution < -0.4 is 0 Å². The summed E-state index contributed by atoms with van der Waals surface area (Å²) in [6.07, 6.45) is 8.60. The summed E-state index contributed by atoms with van der Waals surface area (Å²) in [5.41, 5.74) is 2.25. The van der Waals surface area contributed by atoms with E-state index < -0.39 is 35.2 Å². The zero-order valence-electron chi connectivity index (χ0n) is 20.1. The number of hydrogen-bond donors (Lipinski definition) is 1. The Morgan fingerprint density at radius 2 is 1.75 bits per heavy atom. The molecule has 0 unspecified atom stereocenters. The number of halogens is 1. The lowest BCUT2D eigenvalue weighted by Gasteiger charge is -2.42. The number of likely N-dealkylation sites (tertiary alicyclic amines) is 1. The van der Waals surface area contributed by atoms with Crippen LogP contribution in [0.2, 0.25) is 0 Å². The van der Waals surface area contributed by atoms with Crippen molar-refractivity contribution in [3.8, 4) is 5.75 Å². The Bertz CT molecular complexity index is 1310. The van der Waals surface area contributed by atoms with E-state index in [0.29, 0.717) is 28.7 Å². The second-order valence-electron chi connectivity index (χ2n) is 10.8. The molecule has 0 spiro atoms. The summed E-state index contributed by atoms with van der Waals surface area (Å²) in [6.45, 7) is 1.60. The maximum Gasteiger partial charge on any atom is 0.233 e. The lowest BCUT2D eigenvalue weighted by molar-refractivity contribution is -0.143. The molecule has 2 fully saturated rings. The van der Waals surface area contributed by atoms with Gasteiger partial charge in [-0.15, -0.1) is 0 Å². The van der Waals surface area contributed by atoms with Gasteiger partial charge < -0.3 is 5.11 Å². The van der Waals surface area contributed by atoms with E-state index in [-0.39, 0.29) is 35.8 Å². The van der Waals surface area contributed by atoms with E-state index in [1.54, 1.807) is 13.0 Å². The van der Waals surface area contributed by atoms with Gasteiger partial charge in [0.1, 0.15) is 0 Å². The van der Waals surface area contributed by atoms with Crippen LogP contribution in [0.1, 0.15) is 63.4 Å². The molecule has 1 aromatic rings. The van der Waals surface area contributed by atoms with Crippen molar-refractivity contribution in [1.82, 2.24) is 4.90 Å². The molecular formula is C29H28FNO5. The van der Waals surface area contributed by atoms with Crippen molar-refractivity contribution >= 4 is 23.4 Å². The molecule has 1 aliphatic heterocycles. The Hall–Kier alpha value is -3.35. The highest BCUT2D eigenvalue weighted by atomic mass is 19.1. The Morgan fingerprint density at radius 1 is 1.00 bits per heavy atom. The van der Waals surface area contributed by atoms with Crippen molar-refractivity contribution in [1.29, 1.82) is 0 Å². The molecule has 0 bridgehead atoms. The van der Waals surface area contributed by atoms with E-state index in [9.17, 15) is 28.7 Å². The first-order valence-electron chi connectivity index (χ1n) is 12.8. The smallest absolute Gasteiger partial charge is 0.233 e.